The molecular formula is C16H16INO2S. The summed E-state index contributed by atoms with van der Waals surface area (Å²) < 4.78 is 1.34. The van der Waals surface area contributed by atoms with Crippen molar-refractivity contribution in [2.24, 2.45) is 0 Å². The van der Waals surface area contributed by atoms with Crippen molar-refractivity contribution in [3.63, 3.8) is 0 Å². The summed E-state index contributed by atoms with van der Waals surface area (Å²) in [5, 5.41) is 12.6. The maximum absolute atomic E-state index is 11.0. The van der Waals surface area contributed by atoms with E-state index in [0.717, 1.165) is 17.7 Å². The molecule has 0 fully saturated rings. The van der Waals surface area contributed by atoms with Crippen molar-refractivity contribution < 1.29 is 9.90 Å². The van der Waals surface area contributed by atoms with E-state index in [0.29, 0.717) is 11.6 Å². The molecule has 0 spiro atoms. The van der Waals surface area contributed by atoms with Crippen molar-refractivity contribution in [2.75, 3.05) is 5.32 Å². The summed E-state index contributed by atoms with van der Waals surface area (Å²) in [4.78, 5) is 12.5. The van der Waals surface area contributed by atoms with E-state index < -0.39 is 5.97 Å². The molecule has 110 valence electrons. The number of anilines is 1. The Labute approximate surface area is 141 Å². The number of aromatic carboxylic acids is 1. The number of benzene rings is 1. The number of carboxylic acids is 1. The molecule has 1 aromatic carbocycles. The maximum atomic E-state index is 11.0. The van der Waals surface area contributed by atoms with Crippen molar-refractivity contribution in [1.29, 1.82) is 0 Å². The molecule has 21 heavy (non-hydrogen) atoms. The van der Waals surface area contributed by atoms with Gasteiger partial charge in [-0.3, -0.25) is 0 Å². The Morgan fingerprint density at radius 1 is 1.43 bits per heavy atom. The van der Waals surface area contributed by atoms with Crippen molar-refractivity contribution in [3.05, 3.63) is 48.7 Å². The zero-order chi connectivity index (χ0) is 15.0. The molecule has 0 saturated heterocycles. The van der Waals surface area contributed by atoms with E-state index in [-0.39, 0.29) is 0 Å². The predicted octanol–water partition coefficient (Wildman–Crippen LogP) is 4.85. The molecular weight excluding hydrogens is 397 g/mol. The van der Waals surface area contributed by atoms with E-state index in [1.807, 2.05) is 24.3 Å². The number of thiophene rings is 1. The summed E-state index contributed by atoms with van der Waals surface area (Å²) in [6, 6.07) is 7.88. The normalized spacial score (nSPS) is 17.3. The Kier molecular flexibility index (Phi) is 4.21. The molecule has 3 nitrogen and oxygen atoms in total. The molecule has 5 heteroatoms. The molecule has 1 heterocycles. The van der Waals surface area contributed by atoms with Crippen molar-refractivity contribution >= 4 is 45.6 Å². The Bertz CT molecular complexity index is 696. The Morgan fingerprint density at radius 2 is 2.24 bits per heavy atom. The van der Waals surface area contributed by atoms with Crippen molar-refractivity contribution in [3.8, 4) is 0 Å². The fourth-order valence-corrected chi connectivity index (χ4v) is 4.94. The van der Waals surface area contributed by atoms with Crippen LogP contribution >= 0.6 is 33.9 Å². The third-order valence-corrected chi connectivity index (χ3v) is 5.86. The molecule has 1 aliphatic rings. The van der Waals surface area contributed by atoms with E-state index in [9.17, 15) is 4.79 Å². The van der Waals surface area contributed by atoms with Crippen LogP contribution in [-0.2, 0) is 6.42 Å². The number of fused-ring (bicyclic) bond motifs is 1. The molecule has 1 aromatic heterocycles. The fraction of sp³-hybridized carbons (Fsp3) is 0.312. The van der Waals surface area contributed by atoms with Gasteiger partial charge in [-0.05, 0) is 84.2 Å². The van der Waals surface area contributed by atoms with Crippen LogP contribution in [0.5, 0.6) is 0 Å². The van der Waals surface area contributed by atoms with E-state index in [4.69, 9.17) is 5.11 Å². The average molecular weight is 413 g/mol. The minimum absolute atomic E-state index is 0.336. The number of rotatable bonds is 3. The van der Waals surface area contributed by atoms with Gasteiger partial charge in [0.25, 0.3) is 0 Å². The van der Waals surface area contributed by atoms with Gasteiger partial charge in [0, 0.05) is 10.6 Å². The molecule has 0 bridgehead atoms. The largest absolute Gasteiger partial charge is 0.478 e. The first-order valence-corrected chi connectivity index (χ1v) is 8.82. The highest BCUT2D eigenvalue weighted by Crippen LogP contribution is 2.38. The number of hydrogen-bond acceptors (Lipinski definition) is 3. The van der Waals surface area contributed by atoms with Gasteiger partial charge in [-0.2, -0.15) is 0 Å². The first-order valence-electron chi connectivity index (χ1n) is 6.93. The highest BCUT2D eigenvalue weighted by atomic mass is 127. The van der Waals surface area contributed by atoms with Crippen LogP contribution in [0.25, 0.3) is 0 Å². The number of aryl methyl sites for hydroxylation is 2. The van der Waals surface area contributed by atoms with Crippen LogP contribution in [0.3, 0.4) is 0 Å². The first-order chi connectivity index (χ1) is 10.0. The van der Waals surface area contributed by atoms with Crippen LogP contribution in [0.4, 0.5) is 5.69 Å². The number of nitrogens with one attached hydrogen (secondary N) is 1. The van der Waals surface area contributed by atoms with Crippen LogP contribution in [0.2, 0.25) is 0 Å². The van der Waals surface area contributed by atoms with Gasteiger partial charge in [0.1, 0.15) is 0 Å². The second-order valence-corrected chi connectivity index (χ2v) is 8.38. The molecule has 3 rings (SSSR count). The van der Waals surface area contributed by atoms with Gasteiger partial charge in [0.05, 0.1) is 14.5 Å². The molecule has 1 aliphatic carbocycles. The van der Waals surface area contributed by atoms with Crippen LogP contribution in [-0.4, -0.2) is 11.1 Å². The van der Waals surface area contributed by atoms with Gasteiger partial charge < -0.3 is 10.4 Å². The number of hydrogen-bond donors (Lipinski definition) is 2. The zero-order valence-electron chi connectivity index (χ0n) is 11.6. The minimum Gasteiger partial charge on any atom is -0.478 e. The maximum Gasteiger partial charge on any atom is 0.335 e. The van der Waals surface area contributed by atoms with Gasteiger partial charge >= 0.3 is 5.97 Å². The summed E-state index contributed by atoms with van der Waals surface area (Å²) in [6.07, 6.45) is 3.51. The molecule has 1 unspecified atom stereocenters. The standard InChI is InChI=1S/C16H16INO2S/c1-9-7-10(16(19)20)5-6-12(9)18-13-3-2-4-14-11(13)8-15(17)21-14/h5-8,13,18H,2-4H2,1H3,(H,19,20). The van der Waals surface area contributed by atoms with Gasteiger partial charge in [-0.25, -0.2) is 4.79 Å². The molecule has 0 saturated carbocycles. The average Bonchev–Trinajstić information content (AvgIpc) is 2.82. The minimum atomic E-state index is -0.878. The van der Waals surface area contributed by atoms with Gasteiger partial charge in [0.2, 0.25) is 0 Å². The second kappa shape index (κ2) is 5.96. The lowest BCUT2D eigenvalue weighted by Gasteiger charge is -2.25. The highest BCUT2D eigenvalue weighted by molar-refractivity contribution is 14.1. The Balaban J connectivity index is 1.86. The molecule has 2 N–H and O–H groups in total. The lowest BCUT2D eigenvalue weighted by Crippen LogP contribution is -2.16. The number of carbonyl (C=O) groups is 1. The number of carboxylic acid groups (broad SMARTS) is 1. The van der Waals surface area contributed by atoms with E-state index in [1.165, 1.54) is 26.2 Å². The van der Waals surface area contributed by atoms with E-state index in [2.05, 4.69) is 34.0 Å². The first kappa shape index (κ1) is 14.8. The molecule has 0 radical (unpaired) electrons. The van der Waals surface area contributed by atoms with Gasteiger partial charge in [-0.1, -0.05) is 0 Å². The van der Waals surface area contributed by atoms with E-state index in [1.54, 1.807) is 12.1 Å². The topological polar surface area (TPSA) is 49.3 Å². The van der Waals surface area contributed by atoms with Gasteiger partial charge in [-0.15, -0.1) is 11.3 Å². The third kappa shape index (κ3) is 3.08. The second-order valence-electron chi connectivity index (χ2n) is 5.35. The summed E-state index contributed by atoms with van der Waals surface area (Å²) >= 11 is 4.27. The summed E-state index contributed by atoms with van der Waals surface area (Å²) in [5.74, 6) is -0.878. The smallest absolute Gasteiger partial charge is 0.335 e. The molecule has 1 atom stereocenters. The molecule has 0 aliphatic heterocycles. The lowest BCUT2D eigenvalue weighted by molar-refractivity contribution is 0.0697. The monoisotopic (exact) mass is 413 g/mol. The summed E-state index contributed by atoms with van der Waals surface area (Å²) in [5.41, 5.74) is 3.76. The lowest BCUT2D eigenvalue weighted by atomic mass is 9.93. The predicted molar refractivity (Wildman–Crippen MR) is 94.5 cm³/mol. The Hall–Kier alpha value is -1.08. The van der Waals surface area contributed by atoms with Crippen molar-refractivity contribution in [1.82, 2.24) is 0 Å². The summed E-state index contributed by atoms with van der Waals surface area (Å²) in [6.45, 7) is 1.95. The van der Waals surface area contributed by atoms with Gasteiger partial charge in [0.15, 0.2) is 0 Å². The highest BCUT2D eigenvalue weighted by Gasteiger charge is 2.23. The fourth-order valence-electron chi connectivity index (χ4n) is 2.82. The molecule has 0 amide bonds. The quantitative estimate of drug-likeness (QED) is 0.708. The van der Waals surface area contributed by atoms with Crippen LogP contribution < -0.4 is 5.32 Å². The molecule has 2 aromatic rings. The third-order valence-electron chi connectivity index (χ3n) is 3.89. The van der Waals surface area contributed by atoms with Crippen molar-refractivity contribution in [2.45, 2.75) is 32.2 Å². The SMILES string of the molecule is Cc1cc(C(=O)O)ccc1NC1CCCc2sc(I)cc21. The Morgan fingerprint density at radius 3 is 2.95 bits per heavy atom. The van der Waals surface area contributed by atoms with Crippen LogP contribution in [0.1, 0.15) is 45.2 Å². The van der Waals surface area contributed by atoms with E-state index >= 15 is 0 Å². The van der Waals surface area contributed by atoms with Crippen LogP contribution in [0.15, 0.2) is 24.3 Å². The summed E-state index contributed by atoms with van der Waals surface area (Å²) in [7, 11) is 0. The number of halogens is 1. The zero-order valence-corrected chi connectivity index (χ0v) is 14.6. The van der Waals surface area contributed by atoms with Crippen LogP contribution in [0, 0.1) is 9.81 Å².